The van der Waals surface area contributed by atoms with Crippen molar-refractivity contribution in [1.29, 1.82) is 0 Å². The number of nitrogens with one attached hydrogen (secondary N) is 1. The smallest absolute Gasteiger partial charge is 0.413 e. The van der Waals surface area contributed by atoms with E-state index in [9.17, 15) is 4.79 Å². The SMILES string of the molecule is C/C=C1/C=C(N=C(NC(=O)OCC)SCC)C(C)=C(Br)C1=NC(C)CC. The number of allylic oxidation sites excluding steroid dienone is 5. The maximum absolute atomic E-state index is 11.7. The van der Waals surface area contributed by atoms with Gasteiger partial charge in [-0.2, -0.15) is 0 Å². The molecule has 0 saturated heterocycles. The molecule has 0 radical (unpaired) electrons. The fourth-order valence-corrected chi connectivity index (χ4v) is 3.24. The number of carbonyl (C=O) groups excluding carboxylic acids is 1. The average molecular weight is 442 g/mol. The summed E-state index contributed by atoms with van der Waals surface area (Å²) in [5, 5.41) is 3.23. The summed E-state index contributed by atoms with van der Waals surface area (Å²) >= 11 is 5.14. The van der Waals surface area contributed by atoms with Gasteiger partial charge >= 0.3 is 6.09 Å². The first kappa shape index (κ1) is 22.7. The first-order valence-corrected chi connectivity index (χ1v) is 10.6. The van der Waals surface area contributed by atoms with Crippen LogP contribution in [0, 0.1) is 0 Å². The summed E-state index contributed by atoms with van der Waals surface area (Å²) in [5.41, 5.74) is 3.73. The average Bonchev–Trinajstić information content (AvgIpc) is 2.61. The predicted molar refractivity (Wildman–Crippen MR) is 116 cm³/mol. The number of aliphatic imine (C=N–C) groups is 2. The highest BCUT2D eigenvalue weighted by molar-refractivity contribution is 9.12. The predicted octanol–water partition coefficient (Wildman–Crippen LogP) is 5.59. The molecule has 0 bridgehead atoms. The first-order valence-electron chi connectivity index (χ1n) is 8.86. The number of hydrogen-bond acceptors (Lipinski definition) is 5. The van der Waals surface area contributed by atoms with Crippen LogP contribution in [-0.2, 0) is 4.74 Å². The van der Waals surface area contributed by atoms with Crippen molar-refractivity contribution >= 4 is 44.7 Å². The molecule has 0 saturated carbocycles. The fourth-order valence-electron chi connectivity index (χ4n) is 2.12. The van der Waals surface area contributed by atoms with E-state index in [4.69, 9.17) is 9.73 Å². The summed E-state index contributed by atoms with van der Waals surface area (Å²) < 4.78 is 5.89. The number of rotatable bonds is 5. The van der Waals surface area contributed by atoms with Crippen LogP contribution in [0.1, 0.15) is 48.0 Å². The van der Waals surface area contributed by atoms with Gasteiger partial charge in [-0.15, -0.1) is 0 Å². The molecule has 1 atom stereocenters. The Morgan fingerprint density at radius 3 is 2.65 bits per heavy atom. The molecule has 0 aromatic rings. The third-order valence-corrected chi connectivity index (χ3v) is 5.45. The molecule has 7 heteroatoms. The fraction of sp³-hybridized carbons (Fsp3) is 0.526. The van der Waals surface area contributed by atoms with Crippen molar-refractivity contribution in [2.45, 2.75) is 54.0 Å². The lowest BCUT2D eigenvalue weighted by molar-refractivity contribution is 0.158. The number of amides is 1. The van der Waals surface area contributed by atoms with Crippen molar-refractivity contribution in [3.63, 3.8) is 0 Å². The zero-order valence-corrected chi connectivity index (χ0v) is 18.8. The van der Waals surface area contributed by atoms with E-state index in [0.29, 0.717) is 11.8 Å². The number of carbonyl (C=O) groups is 1. The molecule has 26 heavy (non-hydrogen) atoms. The Morgan fingerprint density at radius 2 is 2.12 bits per heavy atom. The van der Waals surface area contributed by atoms with E-state index in [1.807, 2.05) is 32.9 Å². The van der Waals surface area contributed by atoms with Crippen LogP contribution in [0.25, 0.3) is 0 Å². The van der Waals surface area contributed by atoms with Gasteiger partial charge in [0.2, 0.25) is 0 Å². The van der Waals surface area contributed by atoms with Crippen LogP contribution >= 0.6 is 27.7 Å². The summed E-state index contributed by atoms with van der Waals surface area (Å²) in [7, 11) is 0. The molecule has 1 N–H and O–H groups in total. The second-order valence-electron chi connectivity index (χ2n) is 5.64. The van der Waals surface area contributed by atoms with Crippen molar-refractivity contribution in [2.75, 3.05) is 12.4 Å². The number of ether oxygens (including phenoxy) is 1. The van der Waals surface area contributed by atoms with Gasteiger partial charge in [0.15, 0.2) is 5.17 Å². The summed E-state index contributed by atoms with van der Waals surface area (Å²) in [6.07, 6.45) is 4.52. The van der Waals surface area contributed by atoms with Crippen molar-refractivity contribution in [2.24, 2.45) is 9.98 Å². The monoisotopic (exact) mass is 441 g/mol. The van der Waals surface area contributed by atoms with Crippen molar-refractivity contribution in [1.82, 2.24) is 5.32 Å². The normalized spacial score (nSPS) is 19.7. The van der Waals surface area contributed by atoms with Crippen molar-refractivity contribution < 1.29 is 9.53 Å². The van der Waals surface area contributed by atoms with E-state index in [0.717, 1.165) is 39.2 Å². The van der Waals surface area contributed by atoms with E-state index in [1.165, 1.54) is 11.8 Å². The molecule has 0 heterocycles. The van der Waals surface area contributed by atoms with E-state index in [-0.39, 0.29) is 6.04 Å². The van der Waals surface area contributed by atoms with E-state index in [1.54, 1.807) is 6.92 Å². The molecule has 0 aromatic heterocycles. The zero-order chi connectivity index (χ0) is 19.7. The Morgan fingerprint density at radius 1 is 1.42 bits per heavy atom. The van der Waals surface area contributed by atoms with Gasteiger partial charge < -0.3 is 4.74 Å². The van der Waals surface area contributed by atoms with Gasteiger partial charge in [-0.25, -0.2) is 9.79 Å². The molecule has 1 aliphatic carbocycles. The van der Waals surface area contributed by atoms with Crippen LogP contribution in [-0.4, -0.2) is 35.4 Å². The summed E-state index contributed by atoms with van der Waals surface area (Å²) in [5.74, 6) is 0.791. The molecule has 1 amide bonds. The Bertz CT molecular complexity index is 678. The third-order valence-electron chi connectivity index (χ3n) is 3.73. The van der Waals surface area contributed by atoms with Crippen molar-refractivity contribution in [3.05, 3.63) is 33.5 Å². The summed E-state index contributed by atoms with van der Waals surface area (Å²) in [6, 6.07) is 0.246. The second kappa shape index (κ2) is 11.4. The molecule has 0 spiro atoms. The van der Waals surface area contributed by atoms with Crippen LogP contribution in [0.3, 0.4) is 0 Å². The minimum Gasteiger partial charge on any atom is -0.450 e. The molecule has 1 aliphatic rings. The molecular formula is C19H28BrN3O2S. The lowest BCUT2D eigenvalue weighted by atomic mass is 9.97. The second-order valence-corrected chi connectivity index (χ2v) is 7.69. The molecule has 1 rings (SSSR count). The Kier molecular flexibility index (Phi) is 9.94. The number of thioether (sulfide) groups is 1. The minimum atomic E-state index is -0.491. The topological polar surface area (TPSA) is 63.0 Å². The van der Waals surface area contributed by atoms with Gasteiger partial charge in [0.25, 0.3) is 0 Å². The molecule has 0 aromatic carbocycles. The number of alkyl carbamates (subject to hydrolysis) is 1. The van der Waals surface area contributed by atoms with Gasteiger partial charge in [0.1, 0.15) is 0 Å². The maximum atomic E-state index is 11.7. The van der Waals surface area contributed by atoms with Crippen molar-refractivity contribution in [3.8, 4) is 0 Å². The zero-order valence-electron chi connectivity index (χ0n) is 16.4. The van der Waals surface area contributed by atoms with Crippen LogP contribution < -0.4 is 5.32 Å². The molecule has 144 valence electrons. The van der Waals surface area contributed by atoms with E-state index < -0.39 is 6.09 Å². The lowest BCUT2D eigenvalue weighted by Gasteiger charge is -2.20. The van der Waals surface area contributed by atoms with Crippen LogP contribution in [0.5, 0.6) is 0 Å². The number of nitrogens with zero attached hydrogens (tertiary/aromatic N) is 2. The molecule has 0 aliphatic heterocycles. The Balaban J connectivity index is 3.26. The van der Waals surface area contributed by atoms with Gasteiger partial charge in [-0.1, -0.05) is 31.7 Å². The highest BCUT2D eigenvalue weighted by atomic mass is 79.9. The highest BCUT2D eigenvalue weighted by Crippen LogP contribution is 2.32. The number of hydrogen-bond donors (Lipinski definition) is 1. The molecular weight excluding hydrogens is 414 g/mol. The molecule has 0 fully saturated rings. The summed E-state index contributed by atoms with van der Waals surface area (Å²) in [4.78, 5) is 21.2. The largest absolute Gasteiger partial charge is 0.450 e. The van der Waals surface area contributed by atoms with Gasteiger partial charge in [0.05, 0.1) is 18.0 Å². The Labute approximate surface area is 169 Å². The molecule has 5 nitrogen and oxygen atoms in total. The van der Waals surface area contributed by atoms with Crippen LogP contribution in [0.15, 0.2) is 43.5 Å². The third kappa shape index (κ3) is 6.43. The quantitative estimate of drug-likeness (QED) is 0.446. The van der Waals surface area contributed by atoms with Crippen LogP contribution in [0.4, 0.5) is 4.79 Å². The maximum Gasteiger partial charge on any atom is 0.413 e. The number of halogens is 1. The first-order chi connectivity index (χ1) is 12.4. The van der Waals surface area contributed by atoms with Gasteiger partial charge in [-0.05, 0) is 73.0 Å². The van der Waals surface area contributed by atoms with Gasteiger partial charge in [0, 0.05) is 10.5 Å². The van der Waals surface area contributed by atoms with Gasteiger partial charge in [-0.3, -0.25) is 10.3 Å². The van der Waals surface area contributed by atoms with E-state index >= 15 is 0 Å². The Hall–Kier alpha value is -1.34. The molecule has 1 unspecified atom stereocenters. The lowest BCUT2D eigenvalue weighted by Crippen LogP contribution is -2.29. The highest BCUT2D eigenvalue weighted by Gasteiger charge is 2.21. The number of amidine groups is 1. The standard InChI is InChI=1S/C19H28BrN3O2S/c1-7-12(5)21-17-14(8-2)11-15(13(6)16(17)20)22-18(26-10-4)23-19(24)25-9-3/h8,11-12H,7,9-10H2,1-6H3,(H,22,23,24)/b14-8-,21-17?. The summed E-state index contributed by atoms with van der Waals surface area (Å²) in [6.45, 7) is 12.3. The minimum absolute atomic E-state index is 0.246. The van der Waals surface area contributed by atoms with Crippen LogP contribution in [0.2, 0.25) is 0 Å². The van der Waals surface area contributed by atoms with E-state index in [2.05, 4.69) is 40.1 Å².